The molecule has 1 saturated carbocycles. The number of ketones is 1. The number of carbonyl (C=O) groups excluding carboxylic acids is 2. The molecule has 3 rings (SSSR count). The van der Waals surface area contributed by atoms with Crippen LogP contribution < -0.4 is 0 Å². The summed E-state index contributed by atoms with van der Waals surface area (Å²) in [5.74, 6) is -1.23. The molecule has 0 radical (unpaired) electrons. The average molecular weight is 317 g/mol. The molecule has 124 valence electrons. The van der Waals surface area contributed by atoms with Gasteiger partial charge < -0.3 is 9.84 Å². The lowest BCUT2D eigenvalue weighted by Crippen LogP contribution is -2.65. The number of methoxy groups -OCH3 is 1. The predicted octanol–water partition coefficient (Wildman–Crippen LogP) is 1.25. The zero-order chi connectivity index (χ0) is 16.6. The first-order valence-corrected chi connectivity index (χ1v) is 8.05. The van der Waals surface area contributed by atoms with Gasteiger partial charge in [0.2, 0.25) is 0 Å². The molecular formula is C18H23NO4. The van der Waals surface area contributed by atoms with Crippen LogP contribution in [0.3, 0.4) is 0 Å². The first kappa shape index (κ1) is 16.1. The van der Waals surface area contributed by atoms with E-state index in [2.05, 4.69) is 4.90 Å². The molecule has 1 aromatic carbocycles. The molecule has 23 heavy (non-hydrogen) atoms. The molecule has 4 atom stereocenters. The van der Waals surface area contributed by atoms with Crippen LogP contribution in [-0.2, 0) is 20.9 Å². The maximum atomic E-state index is 12.8. The van der Waals surface area contributed by atoms with Crippen LogP contribution in [0.5, 0.6) is 0 Å². The zero-order valence-corrected chi connectivity index (χ0v) is 13.6. The molecule has 2 fully saturated rings. The molecule has 5 nitrogen and oxygen atoms in total. The molecular weight excluding hydrogens is 294 g/mol. The van der Waals surface area contributed by atoms with Crippen molar-refractivity contribution in [2.45, 2.75) is 26.0 Å². The van der Waals surface area contributed by atoms with Gasteiger partial charge in [-0.05, 0) is 17.9 Å². The topological polar surface area (TPSA) is 66.8 Å². The van der Waals surface area contributed by atoms with Gasteiger partial charge in [0.25, 0.3) is 0 Å². The lowest BCUT2D eigenvalue weighted by molar-refractivity contribution is -0.177. The summed E-state index contributed by atoms with van der Waals surface area (Å²) in [4.78, 5) is 27.3. The number of esters is 1. The van der Waals surface area contributed by atoms with Crippen molar-refractivity contribution in [3.05, 3.63) is 35.9 Å². The number of hydrogen-bond donors (Lipinski definition) is 1. The lowest BCUT2D eigenvalue weighted by Gasteiger charge is -2.50. The van der Waals surface area contributed by atoms with Crippen LogP contribution in [0, 0.1) is 17.3 Å². The number of benzene rings is 1. The summed E-state index contributed by atoms with van der Waals surface area (Å²) in [5, 5.41) is 10.4. The van der Waals surface area contributed by atoms with E-state index in [1.54, 1.807) is 0 Å². The fourth-order valence-electron chi connectivity index (χ4n) is 4.14. The van der Waals surface area contributed by atoms with Gasteiger partial charge in [0.15, 0.2) is 5.78 Å². The van der Waals surface area contributed by atoms with Crippen LogP contribution in [0.4, 0.5) is 0 Å². The van der Waals surface area contributed by atoms with Gasteiger partial charge >= 0.3 is 5.97 Å². The van der Waals surface area contributed by atoms with E-state index in [1.165, 1.54) is 7.11 Å². The number of Topliss-reactive ketones (excluding diaryl/α,β-unsaturated/α-hetero) is 1. The third-order valence-corrected chi connectivity index (χ3v) is 5.25. The van der Waals surface area contributed by atoms with Crippen LogP contribution in [0.2, 0.25) is 0 Å². The third-order valence-electron chi connectivity index (χ3n) is 5.25. The van der Waals surface area contributed by atoms with Gasteiger partial charge in [-0.25, -0.2) is 0 Å². The molecule has 1 N–H and O–H groups in total. The van der Waals surface area contributed by atoms with Crippen molar-refractivity contribution in [1.29, 1.82) is 0 Å². The van der Waals surface area contributed by atoms with Gasteiger partial charge in [-0.15, -0.1) is 0 Å². The van der Waals surface area contributed by atoms with Crippen molar-refractivity contribution in [2.75, 3.05) is 20.2 Å². The Morgan fingerprint density at radius 2 is 2.09 bits per heavy atom. The summed E-state index contributed by atoms with van der Waals surface area (Å²) in [6, 6.07) is 9.95. The maximum absolute atomic E-state index is 12.8. The second kappa shape index (κ2) is 6.06. The minimum absolute atomic E-state index is 0.0873. The number of piperidine rings is 1. The van der Waals surface area contributed by atoms with Crippen LogP contribution >= 0.6 is 0 Å². The Morgan fingerprint density at radius 3 is 2.74 bits per heavy atom. The highest BCUT2D eigenvalue weighted by Crippen LogP contribution is 2.45. The molecule has 1 aliphatic heterocycles. The number of fused-ring (bicyclic) bond motifs is 2. The Morgan fingerprint density at radius 1 is 1.39 bits per heavy atom. The first-order valence-electron chi connectivity index (χ1n) is 8.05. The summed E-state index contributed by atoms with van der Waals surface area (Å²) in [6.45, 7) is 3.40. The van der Waals surface area contributed by atoms with E-state index in [4.69, 9.17) is 4.74 Å². The van der Waals surface area contributed by atoms with Gasteiger partial charge in [-0.2, -0.15) is 0 Å². The highest BCUT2D eigenvalue weighted by atomic mass is 16.5. The Bertz CT molecular complexity index is 602. The normalized spacial score (nSPS) is 34.2. The van der Waals surface area contributed by atoms with E-state index in [-0.39, 0.29) is 11.7 Å². The van der Waals surface area contributed by atoms with Gasteiger partial charge in [-0.3, -0.25) is 14.5 Å². The molecule has 1 heterocycles. The molecule has 0 spiro atoms. The third kappa shape index (κ3) is 2.68. The standard InChI is InChI=1S/C18H23NO4/c1-12-8-18(17(22)23-2)11-19(9-13-6-4-3-5-7-13)10-14(15(12)20)16(18)21/h3-7,12,14-15,20H,8-11H2,1-2H3/t12?,14-,15?,18+/m1/s1. The van der Waals surface area contributed by atoms with E-state index in [9.17, 15) is 14.7 Å². The van der Waals surface area contributed by atoms with Gasteiger partial charge in [0.1, 0.15) is 5.41 Å². The van der Waals surface area contributed by atoms with E-state index >= 15 is 0 Å². The first-order chi connectivity index (χ1) is 11.0. The highest BCUT2D eigenvalue weighted by Gasteiger charge is 2.60. The monoisotopic (exact) mass is 317 g/mol. The molecule has 2 aliphatic rings. The van der Waals surface area contributed by atoms with Gasteiger partial charge in [0, 0.05) is 19.6 Å². The van der Waals surface area contributed by atoms with E-state index in [0.29, 0.717) is 26.1 Å². The van der Waals surface area contributed by atoms with Gasteiger partial charge in [0.05, 0.1) is 19.1 Å². The van der Waals surface area contributed by atoms with E-state index in [1.807, 2.05) is 37.3 Å². The van der Waals surface area contributed by atoms with Crippen molar-refractivity contribution >= 4 is 11.8 Å². The SMILES string of the molecule is COC(=O)[C@@]12CC(C)C(O)[C@@H](CN(Cc3ccccc3)C1)C2=O. The Labute approximate surface area is 136 Å². The second-order valence-corrected chi connectivity index (χ2v) is 6.87. The lowest BCUT2D eigenvalue weighted by atomic mass is 9.61. The Kier molecular flexibility index (Phi) is 4.25. The quantitative estimate of drug-likeness (QED) is 0.671. The van der Waals surface area contributed by atoms with Crippen LogP contribution in [-0.4, -0.2) is 48.1 Å². The van der Waals surface area contributed by atoms with E-state index < -0.39 is 23.4 Å². The fraction of sp³-hybridized carbons (Fsp3) is 0.556. The van der Waals surface area contributed by atoms with Crippen molar-refractivity contribution < 1.29 is 19.4 Å². The predicted molar refractivity (Wildman–Crippen MR) is 84.5 cm³/mol. The average Bonchev–Trinajstić information content (AvgIpc) is 2.55. The number of nitrogens with zero attached hydrogens (tertiary/aromatic N) is 1. The Balaban J connectivity index is 1.90. The fourth-order valence-corrected chi connectivity index (χ4v) is 4.14. The van der Waals surface area contributed by atoms with Crippen molar-refractivity contribution in [3.8, 4) is 0 Å². The minimum atomic E-state index is -1.13. The van der Waals surface area contributed by atoms with Gasteiger partial charge in [-0.1, -0.05) is 37.3 Å². The van der Waals surface area contributed by atoms with Crippen LogP contribution in [0.1, 0.15) is 18.9 Å². The molecule has 0 aromatic heterocycles. The smallest absolute Gasteiger partial charge is 0.320 e. The molecule has 0 amide bonds. The highest BCUT2D eigenvalue weighted by molar-refractivity contribution is 6.06. The number of rotatable bonds is 3. The van der Waals surface area contributed by atoms with Crippen molar-refractivity contribution in [1.82, 2.24) is 4.90 Å². The zero-order valence-electron chi connectivity index (χ0n) is 13.6. The maximum Gasteiger partial charge on any atom is 0.320 e. The molecule has 2 unspecified atom stereocenters. The number of hydrogen-bond acceptors (Lipinski definition) is 5. The van der Waals surface area contributed by atoms with Crippen LogP contribution in [0.15, 0.2) is 30.3 Å². The largest absolute Gasteiger partial charge is 0.468 e. The molecule has 2 bridgehead atoms. The Hall–Kier alpha value is -1.72. The summed E-state index contributed by atoms with van der Waals surface area (Å²) in [5.41, 5.74) is -0.00654. The molecule has 1 aromatic rings. The number of likely N-dealkylation sites (tertiary alicyclic amines) is 1. The molecule has 1 aliphatic carbocycles. The van der Waals surface area contributed by atoms with Crippen molar-refractivity contribution in [3.63, 3.8) is 0 Å². The number of carbonyl (C=O) groups is 2. The summed E-state index contributed by atoms with van der Waals surface area (Å²) in [7, 11) is 1.32. The van der Waals surface area contributed by atoms with E-state index in [0.717, 1.165) is 5.56 Å². The number of ether oxygens (including phenoxy) is 1. The molecule has 1 saturated heterocycles. The summed E-state index contributed by atoms with van der Waals surface area (Å²) in [6.07, 6.45) is -0.347. The van der Waals surface area contributed by atoms with Crippen LogP contribution in [0.25, 0.3) is 0 Å². The summed E-state index contributed by atoms with van der Waals surface area (Å²) < 4.78 is 4.95. The molecule has 5 heteroatoms. The van der Waals surface area contributed by atoms with Crippen molar-refractivity contribution in [2.24, 2.45) is 17.3 Å². The summed E-state index contributed by atoms with van der Waals surface area (Å²) >= 11 is 0. The number of aliphatic hydroxyl groups is 1. The number of aliphatic hydroxyl groups excluding tert-OH is 1. The minimum Gasteiger partial charge on any atom is -0.468 e. The second-order valence-electron chi connectivity index (χ2n) is 6.87.